The Kier molecular flexibility index (Phi) is 3.12. The summed E-state index contributed by atoms with van der Waals surface area (Å²) in [6.07, 6.45) is 1.34. The topological polar surface area (TPSA) is 86.3 Å². The number of nitrogens with zero attached hydrogens (tertiary/aromatic N) is 2. The zero-order valence-electron chi connectivity index (χ0n) is 9.17. The van der Waals surface area contributed by atoms with Gasteiger partial charge in [-0.1, -0.05) is 0 Å². The number of hydrogen-bond donors (Lipinski definition) is 1. The van der Waals surface area contributed by atoms with Crippen molar-refractivity contribution in [2.75, 3.05) is 19.6 Å². The van der Waals surface area contributed by atoms with Crippen LogP contribution >= 0.6 is 7.60 Å². The summed E-state index contributed by atoms with van der Waals surface area (Å²) in [7, 11) is -3.19. The third kappa shape index (κ3) is 2.17. The molecule has 1 aliphatic rings. The first-order valence-corrected chi connectivity index (χ1v) is 6.69. The maximum atomic E-state index is 12.1. The van der Waals surface area contributed by atoms with Gasteiger partial charge in [-0.15, -0.1) is 0 Å². The predicted octanol–water partition coefficient (Wildman–Crippen LogP) is 1.25. The minimum atomic E-state index is -3.19. The zero-order chi connectivity index (χ0) is 11.6. The molecule has 1 aromatic rings. The highest BCUT2D eigenvalue weighted by atomic mass is 31.2. The van der Waals surface area contributed by atoms with Gasteiger partial charge in [0.2, 0.25) is 0 Å². The summed E-state index contributed by atoms with van der Waals surface area (Å²) in [6, 6.07) is 0. The van der Waals surface area contributed by atoms with E-state index in [1.807, 2.05) is 0 Å². The summed E-state index contributed by atoms with van der Waals surface area (Å²) in [5.74, 6) is 0.479. The lowest BCUT2D eigenvalue weighted by molar-refractivity contribution is -0.0611. The molecule has 8 heteroatoms. The maximum Gasteiger partial charge on any atom is 0.357 e. The summed E-state index contributed by atoms with van der Waals surface area (Å²) in [6.45, 7) is 4.06. The lowest BCUT2D eigenvalue weighted by Crippen LogP contribution is -2.36. The van der Waals surface area contributed by atoms with Crippen LogP contribution in [0.15, 0.2) is 6.33 Å². The van der Waals surface area contributed by atoms with Crippen LogP contribution in [0, 0.1) is 0 Å². The second-order valence-corrected chi connectivity index (χ2v) is 5.58. The molecule has 2 atom stereocenters. The van der Waals surface area contributed by atoms with Gasteiger partial charge in [-0.05, 0) is 13.8 Å². The molecule has 2 rings (SSSR count). The smallest absolute Gasteiger partial charge is 0.357 e. The first kappa shape index (κ1) is 11.7. The third-order valence-corrected chi connectivity index (χ3v) is 4.04. The Morgan fingerprint density at radius 2 is 2.56 bits per heavy atom. The van der Waals surface area contributed by atoms with Crippen molar-refractivity contribution in [3.8, 4) is 0 Å². The zero-order valence-corrected chi connectivity index (χ0v) is 10.1. The van der Waals surface area contributed by atoms with Crippen LogP contribution in [0.2, 0.25) is 0 Å². The molecule has 0 radical (unpaired) electrons. The van der Waals surface area contributed by atoms with E-state index in [1.54, 1.807) is 13.8 Å². The van der Waals surface area contributed by atoms with E-state index in [9.17, 15) is 4.57 Å². The molecule has 1 aliphatic heterocycles. The van der Waals surface area contributed by atoms with Crippen LogP contribution in [0.5, 0.6) is 0 Å². The molecule has 1 saturated heterocycles. The summed E-state index contributed by atoms with van der Waals surface area (Å²) in [5, 5.41) is 6.42. The Bertz CT molecular complexity index is 390. The van der Waals surface area contributed by atoms with E-state index in [2.05, 4.69) is 15.2 Å². The molecule has 0 aromatic carbocycles. The average Bonchev–Trinajstić information content (AvgIpc) is 2.70. The van der Waals surface area contributed by atoms with Crippen LogP contribution in [-0.4, -0.2) is 34.7 Å². The SMILES string of the molecule is CCOP1(=O)COCC(C)(c2ncn[nH]2)O1. The van der Waals surface area contributed by atoms with Crippen molar-refractivity contribution in [1.82, 2.24) is 15.2 Å². The highest BCUT2D eigenvalue weighted by Crippen LogP contribution is 2.56. The van der Waals surface area contributed by atoms with Crippen LogP contribution in [-0.2, 0) is 24.0 Å². The van der Waals surface area contributed by atoms with Gasteiger partial charge in [-0.3, -0.25) is 14.2 Å². The number of rotatable bonds is 3. The molecule has 0 amide bonds. The normalized spacial score (nSPS) is 35.1. The predicted molar refractivity (Wildman–Crippen MR) is 54.9 cm³/mol. The largest absolute Gasteiger partial charge is 0.365 e. The van der Waals surface area contributed by atoms with E-state index in [0.29, 0.717) is 12.4 Å². The van der Waals surface area contributed by atoms with E-state index in [0.717, 1.165) is 0 Å². The van der Waals surface area contributed by atoms with Crippen molar-refractivity contribution in [2.24, 2.45) is 0 Å². The fourth-order valence-corrected chi connectivity index (χ4v) is 3.19. The van der Waals surface area contributed by atoms with E-state index >= 15 is 0 Å². The number of aromatic nitrogens is 3. The van der Waals surface area contributed by atoms with Crippen LogP contribution in [0.4, 0.5) is 0 Å². The molecule has 90 valence electrons. The van der Waals surface area contributed by atoms with Crippen molar-refractivity contribution in [3.05, 3.63) is 12.2 Å². The van der Waals surface area contributed by atoms with E-state index in [1.165, 1.54) is 6.33 Å². The Balaban J connectivity index is 2.21. The maximum absolute atomic E-state index is 12.1. The van der Waals surface area contributed by atoms with E-state index in [4.69, 9.17) is 13.8 Å². The highest BCUT2D eigenvalue weighted by molar-refractivity contribution is 7.53. The minimum Gasteiger partial charge on any atom is -0.365 e. The lowest BCUT2D eigenvalue weighted by Gasteiger charge is -2.35. The fourth-order valence-electron chi connectivity index (χ4n) is 1.54. The number of aromatic amines is 1. The second kappa shape index (κ2) is 4.25. The molecular formula is C8H14N3O4P. The molecule has 0 bridgehead atoms. The van der Waals surface area contributed by atoms with Crippen LogP contribution < -0.4 is 0 Å². The number of nitrogens with one attached hydrogen (secondary N) is 1. The molecule has 1 aromatic heterocycles. The van der Waals surface area contributed by atoms with Gasteiger partial charge in [-0.25, -0.2) is 4.98 Å². The van der Waals surface area contributed by atoms with Gasteiger partial charge in [0.25, 0.3) is 0 Å². The molecule has 1 N–H and O–H groups in total. The Morgan fingerprint density at radius 3 is 3.19 bits per heavy atom. The molecule has 0 saturated carbocycles. The molecule has 2 heterocycles. The molecule has 0 spiro atoms. The van der Waals surface area contributed by atoms with Gasteiger partial charge in [0.05, 0.1) is 13.2 Å². The van der Waals surface area contributed by atoms with E-state index in [-0.39, 0.29) is 13.0 Å². The quantitative estimate of drug-likeness (QED) is 0.809. The van der Waals surface area contributed by atoms with Gasteiger partial charge in [-0.2, -0.15) is 5.10 Å². The van der Waals surface area contributed by atoms with Crippen LogP contribution in [0.3, 0.4) is 0 Å². The second-order valence-electron chi connectivity index (χ2n) is 3.66. The summed E-state index contributed by atoms with van der Waals surface area (Å²) in [4.78, 5) is 3.99. The Morgan fingerprint density at radius 1 is 1.75 bits per heavy atom. The highest BCUT2D eigenvalue weighted by Gasteiger charge is 2.44. The standard InChI is InChI=1S/C8H14N3O4P/c1-3-14-16(12)6-13-4-8(2,15-16)7-9-5-10-11-7/h5H,3-4,6H2,1-2H3,(H,9,10,11). The Hall–Kier alpha value is -0.750. The van der Waals surface area contributed by atoms with Crippen LogP contribution in [0.1, 0.15) is 19.7 Å². The van der Waals surface area contributed by atoms with Crippen molar-refractivity contribution < 1.29 is 18.3 Å². The monoisotopic (exact) mass is 247 g/mol. The van der Waals surface area contributed by atoms with Gasteiger partial charge in [0.15, 0.2) is 11.4 Å². The number of ether oxygens (including phenoxy) is 1. The molecule has 0 aliphatic carbocycles. The van der Waals surface area contributed by atoms with Gasteiger partial charge in [0.1, 0.15) is 12.7 Å². The van der Waals surface area contributed by atoms with Crippen molar-refractivity contribution in [3.63, 3.8) is 0 Å². The third-order valence-electron chi connectivity index (χ3n) is 2.21. The average molecular weight is 247 g/mol. The first-order chi connectivity index (χ1) is 7.58. The fraction of sp³-hybridized carbons (Fsp3) is 0.750. The van der Waals surface area contributed by atoms with E-state index < -0.39 is 13.2 Å². The summed E-state index contributed by atoms with van der Waals surface area (Å²) in [5.41, 5.74) is -0.903. The van der Waals surface area contributed by atoms with Crippen molar-refractivity contribution in [1.29, 1.82) is 0 Å². The van der Waals surface area contributed by atoms with Crippen molar-refractivity contribution >= 4 is 7.60 Å². The van der Waals surface area contributed by atoms with Crippen LogP contribution in [0.25, 0.3) is 0 Å². The van der Waals surface area contributed by atoms with Gasteiger partial charge in [0, 0.05) is 0 Å². The molecule has 1 fully saturated rings. The number of H-pyrrole nitrogens is 1. The molecule has 16 heavy (non-hydrogen) atoms. The van der Waals surface area contributed by atoms with Gasteiger partial charge < -0.3 is 9.26 Å². The summed E-state index contributed by atoms with van der Waals surface area (Å²) < 4.78 is 28.0. The van der Waals surface area contributed by atoms with Gasteiger partial charge >= 0.3 is 7.60 Å². The minimum absolute atomic E-state index is 0.0232. The molecule has 2 unspecified atom stereocenters. The first-order valence-electron chi connectivity index (χ1n) is 4.96. The number of hydrogen-bond acceptors (Lipinski definition) is 6. The molecular weight excluding hydrogens is 233 g/mol. The van der Waals surface area contributed by atoms with Crippen molar-refractivity contribution in [2.45, 2.75) is 19.4 Å². The Labute approximate surface area is 93.0 Å². The lowest BCUT2D eigenvalue weighted by atomic mass is 10.1. The molecule has 7 nitrogen and oxygen atoms in total. The summed E-state index contributed by atoms with van der Waals surface area (Å²) >= 11 is 0.